The number of carbonyl (C=O) groups excluding carboxylic acids is 2. The van der Waals surface area contributed by atoms with Crippen molar-refractivity contribution in [3.8, 4) is 11.5 Å². The molecule has 2 amide bonds. The summed E-state index contributed by atoms with van der Waals surface area (Å²) >= 11 is 0. The van der Waals surface area contributed by atoms with Gasteiger partial charge in [0.2, 0.25) is 0 Å². The fraction of sp³-hybridized carbons (Fsp3) is 0.333. The molecular weight excluding hydrogens is 344 g/mol. The largest absolute Gasteiger partial charge is 0.493 e. The predicted molar refractivity (Wildman–Crippen MR) is 104 cm³/mol. The highest BCUT2D eigenvalue weighted by Crippen LogP contribution is 2.16. The summed E-state index contributed by atoms with van der Waals surface area (Å²) in [5.41, 5.74) is 7.36. The third kappa shape index (κ3) is 6.66. The van der Waals surface area contributed by atoms with E-state index in [-0.39, 0.29) is 6.61 Å². The molecule has 27 heavy (non-hydrogen) atoms. The van der Waals surface area contributed by atoms with Gasteiger partial charge in [-0.3, -0.25) is 20.4 Å². The summed E-state index contributed by atoms with van der Waals surface area (Å²) in [6.07, 6.45) is 0. The van der Waals surface area contributed by atoms with E-state index in [1.54, 1.807) is 30.3 Å². The van der Waals surface area contributed by atoms with Crippen molar-refractivity contribution in [2.24, 2.45) is 5.92 Å². The number of hydrogen-bond donors (Lipinski definition) is 2. The first kappa shape index (κ1) is 20.3. The fourth-order valence-electron chi connectivity index (χ4n) is 2.15. The Bertz CT molecular complexity index is 785. The van der Waals surface area contributed by atoms with Crippen LogP contribution in [0.25, 0.3) is 0 Å². The molecule has 144 valence electrons. The van der Waals surface area contributed by atoms with Gasteiger partial charge in [0.05, 0.1) is 6.61 Å². The van der Waals surface area contributed by atoms with Crippen LogP contribution in [0, 0.1) is 19.8 Å². The second-order valence-electron chi connectivity index (χ2n) is 6.77. The molecule has 2 rings (SSSR count). The van der Waals surface area contributed by atoms with E-state index >= 15 is 0 Å². The Morgan fingerprint density at radius 3 is 2.19 bits per heavy atom. The van der Waals surface area contributed by atoms with Gasteiger partial charge in [0.1, 0.15) is 11.5 Å². The van der Waals surface area contributed by atoms with Crippen LogP contribution >= 0.6 is 0 Å². The Kier molecular flexibility index (Phi) is 7.23. The molecule has 0 bridgehead atoms. The lowest BCUT2D eigenvalue weighted by Crippen LogP contribution is -2.43. The van der Waals surface area contributed by atoms with Gasteiger partial charge < -0.3 is 9.47 Å². The molecule has 0 aliphatic rings. The van der Waals surface area contributed by atoms with Crippen molar-refractivity contribution < 1.29 is 19.1 Å². The van der Waals surface area contributed by atoms with Crippen molar-refractivity contribution >= 4 is 11.8 Å². The maximum absolute atomic E-state index is 12.1. The number of rotatable bonds is 7. The molecule has 0 aliphatic heterocycles. The smallest absolute Gasteiger partial charge is 0.276 e. The normalized spacial score (nSPS) is 10.4. The van der Waals surface area contributed by atoms with Crippen molar-refractivity contribution in [2.45, 2.75) is 27.7 Å². The minimum Gasteiger partial charge on any atom is -0.493 e. The zero-order valence-electron chi connectivity index (χ0n) is 16.2. The van der Waals surface area contributed by atoms with E-state index in [9.17, 15) is 9.59 Å². The number of nitrogens with one attached hydrogen (secondary N) is 2. The number of aryl methyl sites for hydroxylation is 2. The molecule has 6 heteroatoms. The van der Waals surface area contributed by atoms with Gasteiger partial charge >= 0.3 is 0 Å². The average Bonchev–Trinajstić information content (AvgIpc) is 2.65. The molecule has 0 saturated heterocycles. The SMILES string of the molecule is Cc1ccc(OCC(=O)NNC(=O)c2ccc(OCC(C)C)cc2)cc1C. The predicted octanol–water partition coefficient (Wildman–Crippen LogP) is 3.18. The van der Waals surface area contributed by atoms with Gasteiger partial charge in [-0.2, -0.15) is 0 Å². The molecule has 0 aliphatic carbocycles. The van der Waals surface area contributed by atoms with E-state index in [1.807, 2.05) is 26.0 Å². The van der Waals surface area contributed by atoms with Crippen molar-refractivity contribution in [1.29, 1.82) is 0 Å². The van der Waals surface area contributed by atoms with E-state index in [0.717, 1.165) is 11.1 Å². The van der Waals surface area contributed by atoms with Crippen LogP contribution in [0.4, 0.5) is 0 Å². The van der Waals surface area contributed by atoms with Gasteiger partial charge in [0.25, 0.3) is 11.8 Å². The van der Waals surface area contributed by atoms with E-state index < -0.39 is 11.8 Å². The minimum absolute atomic E-state index is 0.190. The van der Waals surface area contributed by atoms with Crippen molar-refractivity contribution in [2.75, 3.05) is 13.2 Å². The highest BCUT2D eigenvalue weighted by molar-refractivity contribution is 5.95. The van der Waals surface area contributed by atoms with Crippen molar-refractivity contribution in [3.63, 3.8) is 0 Å². The zero-order valence-corrected chi connectivity index (χ0v) is 16.2. The maximum Gasteiger partial charge on any atom is 0.276 e. The number of benzene rings is 2. The summed E-state index contributed by atoms with van der Waals surface area (Å²) in [7, 11) is 0. The van der Waals surface area contributed by atoms with Crippen molar-refractivity contribution in [3.05, 3.63) is 59.2 Å². The Morgan fingerprint density at radius 1 is 0.889 bits per heavy atom. The molecule has 2 N–H and O–H groups in total. The van der Waals surface area contributed by atoms with Crippen LogP contribution in [-0.4, -0.2) is 25.0 Å². The number of carbonyl (C=O) groups is 2. The van der Waals surface area contributed by atoms with Crippen molar-refractivity contribution in [1.82, 2.24) is 10.9 Å². The summed E-state index contributed by atoms with van der Waals surface area (Å²) < 4.78 is 11.0. The highest BCUT2D eigenvalue weighted by Gasteiger charge is 2.09. The lowest BCUT2D eigenvalue weighted by Gasteiger charge is -2.11. The van der Waals surface area contributed by atoms with Gasteiger partial charge in [0.15, 0.2) is 6.61 Å². The van der Waals surface area contributed by atoms with E-state index in [1.165, 1.54) is 0 Å². The molecular formula is C21H26N2O4. The molecule has 2 aromatic rings. The molecule has 2 aromatic carbocycles. The van der Waals surface area contributed by atoms with E-state index in [0.29, 0.717) is 29.6 Å². The highest BCUT2D eigenvalue weighted by atomic mass is 16.5. The number of amides is 2. The van der Waals surface area contributed by atoms with Crippen LogP contribution in [0.5, 0.6) is 11.5 Å². The standard InChI is InChI=1S/C21H26N2O4/c1-14(2)12-26-18-9-6-17(7-10-18)21(25)23-22-20(24)13-27-19-8-5-15(3)16(4)11-19/h5-11,14H,12-13H2,1-4H3,(H,22,24)(H,23,25). The molecule has 0 saturated carbocycles. The lowest BCUT2D eigenvalue weighted by atomic mass is 10.1. The van der Waals surface area contributed by atoms with E-state index in [2.05, 4.69) is 24.7 Å². The molecule has 0 atom stereocenters. The topological polar surface area (TPSA) is 76.7 Å². The summed E-state index contributed by atoms with van der Waals surface area (Å²) in [5, 5.41) is 0. The maximum atomic E-state index is 12.1. The third-order valence-electron chi connectivity index (χ3n) is 3.86. The summed E-state index contributed by atoms with van der Waals surface area (Å²) in [5.74, 6) is 0.875. The van der Waals surface area contributed by atoms with Crippen LogP contribution < -0.4 is 20.3 Å². The van der Waals surface area contributed by atoms with Crippen LogP contribution in [0.2, 0.25) is 0 Å². The van der Waals surface area contributed by atoms with Crippen LogP contribution in [-0.2, 0) is 4.79 Å². The molecule has 0 spiro atoms. The minimum atomic E-state index is -0.446. The zero-order chi connectivity index (χ0) is 19.8. The Balaban J connectivity index is 1.77. The third-order valence-corrected chi connectivity index (χ3v) is 3.86. The summed E-state index contributed by atoms with van der Waals surface area (Å²) in [4.78, 5) is 23.9. The van der Waals surface area contributed by atoms with Gasteiger partial charge in [-0.05, 0) is 67.3 Å². The van der Waals surface area contributed by atoms with Gasteiger partial charge in [-0.1, -0.05) is 19.9 Å². The lowest BCUT2D eigenvalue weighted by molar-refractivity contribution is -0.123. The quantitative estimate of drug-likeness (QED) is 0.734. The van der Waals surface area contributed by atoms with Gasteiger partial charge in [-0.25, -0.2) is 0 Å². The monoisotopic (exact) mass is 370 g/mol. The van der Waals surface area contributed by atoms with Crippen LogP contribution in [0.1, 0.15) is 35.3 Å². The summed E-state index contributed by atoms with van der Waals surface area (Å²) in [6, 6.07) is 12.3. The Morgan fingerprint density at radius 2 is 1.56 bits per heavy atom. The van der Waals surface area contributed by atoms with Crippen LogP contribution in [0.15, 0.2) is 42.5 Å². The second-order valence-corrected chi connectivity index (χ2v) is 6.77. The first-order valence-electron chi connectivity index (χ1n) is 8.87. The Labute approximate surface area is 159 Å². The molecule has 0 radical (unpaired) electrons. The first-order valence-corrected chi connectivity index (χ1v) is 8.87. The average molecular weight is 370 g/mol. The molecule has 0 aromatic heterocycles. The second kappa shape index (κ2) is 9.62. The summed E-state index contributed by atoms with van der Waals surface area (Å²) in [6.45, 7) is 8.53. The molecule has 0 heterocycles. The number of hydrogen-bond acceptors (Lipinski definition) is 4. The van der Waals surface area contributed by atoms with E-state index in [4.69, 9.17) is 9.47 Å². The first-order chi connectivity index (χ1) is 12.8. The molecule has 6 nitrogen and oxygen atoms in total. The Hall–Kier alpha value is -3.02. The molecule has 0 unspecified atom stereocenters. The fourth-order valence-corrected chi connectivity index (χ4v) is 2.15. The molecule has 0 fully saturated rings. The number of ether oxygens (including phenoxy) is 2. The van der Waals surface area contributed by atoms with Crippen LogP contribution in [0.3, 0.4) is 0 Å². The number of hydrazine groups is 1. The van der Waals surface area contributed by atoms with Gasteiger partial charge in [-0.15, -0.1) is 0 Å². The van der Waals surface area contributed by atoms with Gasteiger partial charge in [0, 0.05) is 5.56 Å².